The van der Waals surface area contributed by atoms with Gasteiger partial charge in [-0.25, -0.2) is 4.39 Å². The van der Waals surface area contributed by atoms with Crippen LogP contribution in [-0.2, 0) is 4.79 Å². The molecule has 2 rings (SSSR count). The Morgan fingerprint density at radius 1 is 1.33 bits per heavy atom. The zero-order valence-electron chi connectivity index (χ0n) is 11.3. The number of carboxylic acid groups (broad SMARTS) is 1. The maximum atomic E-state index is 13.4. The van der Waals surface area contributed by atoms with Crippen LogP contribution in [0.25, 0.3) is 0 Å². The van der Waals surface area contributed by atoms with Gasteiger partial charge in [-0.05, 0) is 30.3 Å². The molecule has 1 aromatic heterocycles. The van der Waals surface area contributed by atoms with E-state index >= 15 is 0 Å². The standard InChI is InChI=1S/C15H14FNO4/c1-10(15(19)20)9-17(12-5-2-4-11(16)8-12)14(18)13-6-3-7-21-13/h2-8,10H,9H2,1H3,(H,19,20). The van der Waals surface area contributed by atoms with Crippen molar-refractivity contribution in [2.45, 2.75) is 6.92 Å². The molecule has 0 saturated carbocycles. The molecule has 1 heterocycles. The topological polar surface area (TPSA) is 70.8 Å². The Balaban J connectivity index is 2.34. The van der Waals surface area contributed by atoms with Crippen molar-refractivity contribution in [1.82, 2.24) is 0 Å². The monoisotopic (exact) mass is 291 g/mol. The van der Waals surface area contributed by atoms with E-state index in [1.807, 2.05) is 0 Å². The molecule has 0 aliphatic rings. The molecule has 0 aliphatic heterocycles. The van der Waals surface area contributed by atoms with E-state index in [2.05, 4.69) is 0 Å². The first-order valence-corrected chi connectivity index (χ1v) is 6.33. The summed E-state index contributed by atoms with van der Waals surface area (Å²) in [6.45, 7) is 1.39. The first-order valence-electron chi connectivity index (χ1n) is 6.33. The highest BCUT2D eigenvalue weighted by Crippen LogP contribution is 2.20. The maximum absolute atomic E-state index is 13.4. The van der Waals surface area contributed by atoms with E-state index in [-0.39, 0.29) is 18.0 Å². The predicted molar refractivity (Wildman–Crippen MR) is 73.6 cm³/mol. The summed E-state index contributed by atoms with van der Waals surface area (Å²) in [5.74, 6) is -2.79. The fraction of sp³-hybridized carbons (Fsp3) is 0.200. The lowest BCUT2D eigenvalue weighted by Gasteiger charge is -2.23. The molecule has 1 unspecified atom stereocenters. The van der Waals surface area contributed by atoms with Crippen molar-refractivity contribution < 1.29 is 23.5 Å². The highest BCUT2D eigenvalue weighted by molar-refractivity contribution is 6.04. The van der Waals surface area contributed by atoms with Crippen LogP contribution >= 0.6 is 0 Å². The van der Waals surface area contributed by atoms with Crippen LogP contribution in [0.1, 0.15) is 17.5 Å². The highest BCUT2D eigenvalue weighted by Gasteiger charge is 2.25. The van der Waals surface area contributed by atoms with Crippen molar-refractivity contribution in [2.75, 3.05) is 11.4 Å². The van der Waals surface area contributed by atoms with E-state index in [1.165, 1.54) is 42.4 Å². The summed E-state index contributed by atoms with van der Waals surface area (Å²) in [6.07, 6.45) is 1.34. The first kappa shape index (κ1) is 14.8. The Morgan fingerprint density at radius 3 is 2.67 bits per heavy atom. The molecule has 0 bridgehead atoms. The van der Waals surface area contributed by atoms with Gasteiger partial charge in [0, 0.05) is 12.2 Å². The van der Waals surface area contributed by atoms with E-state index < -0.39 is 23.6 Å². The van der Waals surface area contributed by atoms with Crippen LogP contribution in [0.2, 0.25) is 0 Å². The molecule has 0 spiro atoms. The Bertz CT molecular complexity index is 639. The minimum Gasteiger partial charge on any atom is -0.481 e. The SMILES string of the molecule is CC(CN(C(=O)c1ccco1)c1cccc(F)c1)C(=O)O. The molecule has 5 nitrogen and oxygen atoms in total. The highest BCUT2D eigenvalue weighted by atomic mass is 19.1. The van der Waals surface area contributed by atoms with Gasteiger partial charge in [0.1, 0.15) is 5.82 Å². The molecule has 6 heteroatoms. The molecule has 2 aromatic rings. The number of benzene rings is 1. The third kappa shape index (κ3) is 3.47. The number of rotatable bonds is 5. The van der Waals surface area contributed by atoms with Gasteiger partial charge >= 0.3 is 5.97 Å². The molecule has 1 amide bonds. The lowest BCUT2D eigenvalue weighted by atomic mass is 10.1. The molecule has 1 aromatic carbocycles. The summed E-state index contributed by atoms with van der Waals surface area (Å²) >= 11 is 0. The largest absolute Gasteiger partial charge is 0.481 e. The molecule has 0 radical (unpaired) electrons. The van der Waals surface area contributed by atoms with Gasteiger partial charge in [0.2, 0.25) is 0 Å². The van der Waals surface area contributed by atoms with Crippen molar-refractivity contribution in [3.63, 3.8) is 0 Å². The fourth-order valence-corrected chi connectivity index (χ4v) is 1.83. The van der Waals surface area contributed by atoms with Crippen LogP contribution in [0.5, 0.6) is 0 Å². The second-order valence-corrected chi connectivity index (χ2v) is 4.61. The van der Waals surface area contributed by atoms with Crippen molar-refractivity contribution in [2.24, 2.45) is 5.92 Å². The number of furan rings is 1. The van der Waals surface area contributed by atoms with Gasteiger partial charge in [0.15, 0.2) is 5.76 Å². The number of amides is 1. The molecule has 0 saturated heterocycles. The summed E-state index contributed by atoms with van der Waals surface area (Å²) in [7, 11) is 0. The Morgan fingerprint density at radius 2 is 2.10 bits per heavy atom. The third-order valence-corrected chi connectivity index (χ3v) is 2.97. The van der Waals surface area contributed by atoms with E-state index in [0.29, 0.717) is 0 Å². The predicted octanol–water partition coefficient (Wildman–Crippen LogP) is 2.79. The summed E-state index contributed by atoms with van der Waals surface area (Å²) < 4.78 is 18.4. The van der Waals surface area contributed by atoms with E-state index in [4.69, 9.17) is 9.52 Å². The minimum absolute atomic E-state index is 0.0665. The quantitative estimate of drug-likeness (QED) is 0.919. The second-order valence-electron chi connectivity index (χ2n) is 4.61. The van der Waals surface area contributed by atoms with Gasteiger partial charge in [0.25, 0.3) is 5.91 Å². The van der Waals surface area contributed by atoms with Gasteiger partial charge in [-0.15, -0.1) is 0 Å². The Hall–Kier alpha value is -2.63. The molecule has 0 fully saturated rings. The number of hydrogen-bond donors (Lipinski definition) is 1. The smallest absolute Gasteiger partial charge is 0.308 e. The summed E-state index contributed by atoms with van der Waals surface area (Å²) in [5.41, 5.74) is 0.282. The van der Waals surface area contributed by atoms with E-state index in [9.17, 15) is 14.0 Å². The second kappa shape index (κ2) is 6.21. The fourth-order valence-electron chi connectivity index (χ4n) is 1.83. The van der Waals surface area contributed by atoms with Crippen molar-refractivity contribution in [1.29, 1.82) is 0 Å². The molecule has 110 valence electrons. The number of carboxylic acids is 1. The van der Waals surface area contributed by atoms with Gasteiger partial charge in [-0.1, -0.05) is 13.0 Å². The van der Waals surface area contributed by atoms with E-state index in [1.54, 1.807) is 12.1 Å². The van der Waals surface area contributed by atoms with Gasteiger partial charge in [-0.3, -0.25) is 9.59 Å². The summed E-state index contributed by atoms with van der Waals surface area (Å²) in [6, 6.07) is 8.45. The molecule has 21 heavy (non-hydrogen) atoms. The third-order valence-electron chi connectivity index (χ3n) is 2.97. The molecule has 0 aliphatic carbocycles. The number of aliphatic carboxylic acids is 1. The normalized spacial score (nSPS) is 11.9. The van der Waals surface area contributed by atoms with Crippen LogP contribution in [0.3, 0.4) is 0 Å². The number of anilines is 1. The van der Waals surface area contributed by atoms with Crippen LogP contribution < -0.4 is 4.90 Å². The lowest BCUT2D eigenvalue weighted by molar-refractivity contribution is -0.140. The van der Waals surface area contributed by atoms with Crippen LogP contribution in [0.4, 0.5) is 10.1 Å². The number of carbonyl (C=O) groups is 2. The Kier molecular flexibility index (Phi) is 4.37. The molecular weight excluding hydrogens is 277 g/mol. The Labute approximate surface area is 120 Å². The lowest BCUT2D eigenvalue weighted by Crippen LogP contribution is -2.37. The first-order chi connectivity index (χ1) is 9.99. The summed E-state index contributed by atoms with van der Waals surface area (Å²) in [4.78, 5) is 24.6. The maximum Gasteiger partial charge on any atom is 0.308 e. The zero-order valence-corrected chi connectivity index (χ0v) is 11.3. The number of hydrogen-bond acceptors (Lipinski definition) is 3. The molecular formula is C15H14FNO4. The average molecular weight is 291 g/mol. The number of carbonyl (C=O) groups excluding carboxylic acids is 1. The zero-order chi connectivity index (χ0) is 15.4. The van der Waals surface area contributed by atoms with Crippen molar-refractivity contribution >= 4 is 17.6 Å². The minimum atomic E-state index is -1.04. The van der Waals surface area contributed by atoms with Crippen LogP contribution in [0, 0.1) is 11.7 Å². The van der Waals surface area contributed by atoms with Gasteiger partial charge < -0.3 is 14.4 Å². The molecule has 1 atom stereocenters. The number of nitrogens with zero attached hydrogens (tertiary/aromatic N) is 1. The summed E-state index contributed by atoms with van der Waals surface area (Å²) in [5, 5.41) is 9.01. The van der Waals surface area contributed by atoms with Gasteiger partial charge in [-0.2, -0.15) is 0 Å². The van der Waals surface area contributed by atoms with Crippen LogP contribution in [-0.4, -0.2) is 23.5 Å². The van der Waals surface area contributed by atoms with E-state index in [0.717, 1.165) is 0 Å². The molecule has 1 N–H and O–H groups in total. The van der Waals surface area contributed by atoms with Crippen molar-refractivity contribution in [3.05, 3.63) is 54.2 Å². The van der Waals surface area contributed by atoms with Crippen LogP contribution in [0.15, 0.2) is 47.1 Å². The average Bonchev–Trinajstić information content (AvgIpc) is 2.97. The van der Waals surface area contributed by atoms with Gasteiger partial charge in [0.05, 0.1) is 12.2 Å². The number of halogens is 1. The van der Waals surface area contributed by atoms with Crippen molar-refractivity contribution in [3.8, 4) is 0 Å².